The topological polar surface area (TPSA) is 92.7 Å². The summed E-state index contributed by atoms with van der Waals surface area (Å²) in [6.07, 6.45) is -0.519. The molecule has 0 spiro atoms. The lowest BCUT2D eigenvalue weighted by Gasteiger charge is -2.15. The molecule has 0 bridgehead atoms. The van der Waals surface area contributed by atoms with Crippen LogP contribution in [0.4, 0.5) is 0 Å². The number of nitrogens with one attached hydrogen (secondary N) is 1. The molecule has 2 N–H and O–H groups in total. The van der Waals surface area contributed by atoms with Crippen LogP contribution in [-0.4, -0.2) is 36.1 Å². The molecule has 0 aliphatic heterocycles. The normalized spacial score (nSPS) is 11.4. The lowest BCUT2D eigenvalue weighted by molar-refractivity contribution is -0.142. The highest BCUT2D eigenvalue weighted by Crippen LogP contribution is 2.04. The number of methoxy groups -OCH3 is 1. The molecule has 6 nitrogen and oxygen atoms in total. The second-order valence-corrected chi connectivity index (χ2v) is 3.91. The van der Waals surface area contributed by atoms with Gasteiger partial charge in [0.2, 0.25) is 0 Å². The van der Waals surface area contributed by atoms with Gasteiger partial charge in [-0.1, -0.05) is 18.2 Å². The predicted octanol–water partition coefficient (Wildman–Crippen LogP) is 0.823. The SMILES string of the molecule is COC(=O)C[C@@H](CC(=O)O)NC(=O)c1ccccc1. The fraction of sp³-hybridized carbons (Fsp3) is 0.308. The number of carbonyl (C=O) groups is 3. The van der Waals surface area contributed by atoms with Crippen LogP contribution in [0.1, 0.15) is 23.2 Å². The molecule has 0 aliphatic carbocycles. The Morgan fingerprint density at radius 2 is 1.84 bits per heavy atom. The fourth-order valence-corrected chi connectivity index (χ4v) is 1.53. The smallest absolute Gasteiger partial charge is 0.307 e. The van der Waals surface area contributed by atoms with Crippen LogP contribution < -0.4 is 5.32 Å². The summed E-state index contributed by atoms with van der Waals surface area (Å²) >= 11 is 0. The zero-order valence-electron chi connectivity index (χ0n) is 10.5. The van der Waals surface area contributed by atoms with Crippen LogP contribution in [0, 0.1) is 0 Å². The molecule has 0 saturated heterocycles. The van der Waals surface area contributed by atoms with Gasteiger partial charge in [-0.25, -0.2) is 0 Å². The van der Waals surface area contributed by atoms with Crippen molar-refractivity contribution in [1.82, 2.24) is 5.32 Å². The van der Waals surface area contributed by atoms with E-state index in [4.69, 9.17) is 5.11 Å². The fourth-order valence-electron chi connectivity index (χ4n) is 1.53. The quantitative estimate of drug-likeness (QED) is 0.743. The molecule has 0 unspecified atom stereocenters. The Labute approximate surface area is 110 Å². The number of ether oxygens (including phenoxy) is 1. The van der Waals surface area contributed by atoms with Gasteiger partial charge in [0.05, 0.1) is 26.0 Å². The van der Waals surface area contributed by atoms with Crippen molar-refractivity contribution >= 4 is 17.8 Å². The number of amides is 1. The molecule has 1 rings (SSSR count). The number of hydrogen-bond acceptors (Lipinski definition) is 4. The Bertz CT molecular complexity index is 457. The third kappa shape index (κ3) is 5.20. The number of aliphatic carboxylic acids is 1. The van der Waals surface area contributed by atoms with Gasteiger partial charge in [-0.3, -0.25) is 14.4 Å². The Hall–Kier alpha value is -2.37. The molecule has 6 heteroatoms. The molecule has 1 aromatic carbocycles. The van der Waals surface area contributed by atoms with E-state index in [9.17, 15) is 14.4 Å². The molecule has 0 aliphatic rings. The first-order valence-corrected chi connectivity index (χ1v) is 5.67. The highest BCUT2D eigenvalue weighted by molar-refractivity contribution is 5.94. The lowest BCUT2D eigenvalue weighted by Crippen LogP contribution is -2.38. The first-order chi connectivity index (χ1) is 9.02. The summed E-state index contributed by atoms with van der Waals surface area (Å²) in [7, 11) is 1.21. The van der Waals surface area contributed by atoms with Crippen LogP contribution in [-0.2, 0) is 14.3 Å². The van der Waals surface area contributed by atoms with Gasteiger partial charge in [-0.15, -0.1) is 0 Å². The lowest BCUT2D eigenvalue weighted by atomic mass is 10.1. The van der Waals surface area contributed by atoms with Crippen molar-refractivity contribution in [2.75, 3.05) is 7.11 Å². The molecule has 1 atom stereocenters. The Morgan fingerprint density at radius 3 is 2.37 bits per heavy atom. The van der Waals surface area contributed by atoms with E-state index in [-0.39, 0.29) is 12.8 Å². The maximum atomic E-state index is 11.9. The molecule has 1 aromatic rings. The summed E-state index contributed by atoms with van der Waals surface area (Å²) in [4.78, 5) is 33.7. The minimum absolute atomic E-state index is 0.179. The first-order valence-electron chi connectivity index (χ1n) is 5.67. The largest absolute Gasteiger partial charge is 0.481 e. The van der Waals surface area contributed by atoms with Gasteiger partial charge < -0.3 is 15.2 Å². The monoisotopic (exact) mass is 265 g/mol. The summed E-state index contributed by atoms with van der Waals surface area (Å²) < 4.78 is 4.47. The summed E-state index contributed by atoms with van der Waals surface area (Å²) in [5.74, 6) is -2.09. The summed E-state index contributed by atoms with van der Waals surface area (Å²) in [6, 6.07) is 7.57. The minimum atomic E-state index is -1.10. The number of hydrogen-bond donors (Lipinski definition) is 2. The molecule has 102 valence electrons. The Balaban J connectivity index is 2.68. The van der Waals surface area contributed by atoms with E-state index in [0.29, 0.717) is 5.56 Å². The number of carbonyl (C=O) groups excluding carboxylic acids is 2. The van der Waals surface area contributed by atoms with Gasteiger partial charge in [-0.05, 0) is 12.1 Å². The highest BCUT2D eigenvalue weighted by Gasteiger charge is 2.20. The van der Waals surface area contributed by atoms with Crippen LogP contribution in [0.3, 0.4) is 0 Å². The van der Waals surface area contributed by atoms with Crippen molar-refractivity contribution in [3.63, 3.8) is 0 Å². The van der Waals surface area contributed by atoms with Crippen molar-refractivity contribution in [2.45, 2.75) is 18.9 Å². The van der Waals surface area contributed by atoms with Gasteiger partial charge >= 0.3 is 11.9 Å². The van der Waals surface area contributed by atoms with Crippen molar-refractivity contribution in [2.24, 2.45) is 0 Å². The van der Waals surface area contributed by atoms with E-state index in [1.165, 1.54) is 7.11 Å². The third-order valence-corrected chi connectivity index (χ3v) is 2.43. The van der Waals surface area contributed by atoms with Crippen molar-refractivity contribution < 1.29 is 24.2 Å². The zero-order chi connectivity index (χ0) is 14.3. The van der Waals surface area contributed by atoms with E-state index in [2.05, 4.69) is 10.1 Å². The molecular weight excluding hydrogens is 250 g/mol. The number of carboxylic acid groups (broad SMARTS) is 1. The van der Waals surface area contributed by atoms with Crippen molar-refractivity contribution in [3.8, 4) is 0 Å². The molecule has 19 heavy (non-hydrogen) atoms. The zero-order valence-corrected chi connectivity index (χ0v) is 10.5. The number of rotatable bonds is 6. The van der Waals surface area contributed by atoms with Crippen LogP contribution in [0.15, 0.2) is 30.3 Å². The standard InChI is InChI=1S/C13H15NO5/c1-19-12(17)8-10(7-11(15)16)14-13(18)9-5-3-2-4-6-9/h2-6,10H,7-8H2,1H3,(H,14,18)(H,15,16)/t10-/m1/s1. The van der Waals surface area contributed by atoms with Gasteiger partial charge in [-0.2, -0.15) is 0 Å². The van der Waals surface area contributed by atoms with Gasteiger partial charge in [0.1, 0.15) is 0 Å². The van der Waals surface area contributed by atoms with E-state index in [1.54, 1.807) is 30.3 Å². The van der Waals surface area contributed by atoms with E-state index < -0.39 is 23.9 Å². The summed E-state index contributed by atoms with van der Waals surface area (Å²) in [5, 5.41) is 11.3. The number of benzene rings is 1. The van der Waals surface area contributed by atoms with Crippen LogP contribution in [0.25, 0.3) is 0 Å². The van der Waals surface area contributed by atoms with Gasteiger partial charge in [0.25, 0.3) is 5.91 Å². The maximum absolute atomic E-state index is 11.9. The second kappa shape index (κ2) is 7.15. The number of esters is 1. The molecule has 0 saturated carbocycles. The van der Waals surface area contributed by atoms with Gasteiger partial charge in [0, 0.05) is 5.56 Å². The number of carboxylic acids is 1. The van der Waals surface area contributed by atoms with Crippen molar-refractivity contribution in [1.29, 1.82) is 0 Å². The van der Waals surface area contributed by atoms with E-state index >= 15 is 0 Å². The average molecular weight is 265 g/mol. The third-order valence-electron chi connectivity index (χ3n) is 2.43. The molecule has 1 amide bonds. The van der Waals surface area contributed by atoms with Crippen LogP contribution in [0.2, 0.25) is 0 Å². The van der Waals surface area contributed by atoms with Gasteiger partial charge in [0.15, 0.2) is 0 Å². The molecule has 0 heterocycles. The van der Waals surface area contributed by atoms with Crippen molar-refractivity contribution in [3.05, 3.63) is 35.9 Å². The minimum Gasteiger partial charge on any atom is -0.481 e. The summed E-state index contributed by atoms with van der Waals surface area (Å²) in [6.45, 7) is 0. The summed E-state index contributed by atoms with van der Waals surface area (Å²) in [5.41, 5.74) is 0.405. The molecule has 0 radical (unpaired) electrons. The molecule has 0 fully saturated rings. The second-order valence-electron chi connectivity index (χ2n) is 3.91. The van der Waals surface area contributed by atoms with Crippen LogP contribution in [0.5, 0.6) is 0 Å². The average Bonchev–Trinajstić information content (AvgIpc) is 2.38. The van der Waals surface area contributed by atoms with Crippen LogP contribution >= 0.6 is 0 Å². The van der Waals surface area contributed by atoms with E-state index in [1.807, 2.05) is 0 Å². The first kappa shape index (κ1) is 14.7. The van der Waals surface area contributed by atoms with E-state index in [0.717, 1.165) is 0 Å². The Morgan fingerprint density at radius 1 is 1.21 bits per heavy atom. The highest BCUT2D eigenvalue weighted by atomic mass is 16.5. The molecular formula is C13H15NO5. The predicted molar refractivity (Wildman–Crippen MR) is 66.6 cm³/mol. The maximum Gasteiger partial charge on any atom is 0.307 e. The Kier molecular flexibility index (Phi) is 5.53. The molecule has 0 aromatic heterocycles.